The van der Waals surface area contributed by atoms with E-state index in [1.165, 1.54) is 22.3 Å². The maximum absolute atomic E-state index is 12.2. The smallest absolute Gasteiger partial charge is 0.303 e. The molecule has 3 aromatic carbocycles. The number of carboxylic acids is 1. The van der Waals surface area contributed by atoms with Crippen LogP contribution in [0.25, 0.3) is 11.1 Å². The molecule has 1 fully saturated rings. The third-order valence-corrected chi connectivity index (χ3v) is 10.5. The van der Waals surface area contributed by atoms with E-state index in [4.69, 9.17) is 9.47 Å². The van der Waals surface area contributed by atoms with Gasteiger partial charge in [-0.25, -0.2) is 0 Å². The van der Waals surface area contributed by atoms with Crippen LogP contribution in [-0.4, -0.2) is 39.3 Å². The predicted octanol–water partition coefficient (Wildman–Crippen LogP) is 7.28. The Balaban J connectivity index is 1.24. The minimum Gasteiger partial charge on any atom is -0.493 e. The summed E-state index contributed by atoms with van der Waals surface area (Å²) in [4.78, 5) is 11.3. The SMILES string of the molecule is C=S1(=O)CCC(COc2ccc3c(c2)CCCc2ccc(COc4ccc([C@@H](CCC)CC(=O)O)cc4)cc2-3)CC1. The quantitative estimate of drug-likeness (QED) is 0.244. The van der Waals surface area contributed by atoms with E-state index in [2.05, 4.69) is 49.2 Å². The van der Waals surface area contributed by atoms with Gasteiger partial charge in [-0.05, 0) is 129 Å². The Kier molecular flexibility index (Phi) is 9.39. The van der Waals surface area contributed by atoms with Gasteiger partial charge in [0.1, 0.15) is 18.1 Å². The Morgan fingerprint density at radius 3 is 2.41 bits per heavy atom. The zero-order valence-electron chi connectivity index (χ0n) is 24.1. The van der Waals surface area contributed by atoms with Gasteiger partial charge in [-0.1, -0.05) is 43.7 Å². The number of aryl methyl sites for hydroxylation is 2. The molecule has 0 aromatic heterocycles. The van der Waals surface area contributed by atoms with Gasteiger partial charge in [0.15, 0.2) is 0 Å². The third kappa shape index (κ3) is 7.73. The molecule has 1 N–H and O–H groups in total. The van der Waals surface area contributed by atoms with E-state index < -0.39 is 15.5 Å². The van der Waals surface area contributed by atoms with Crippen LogP contribution in [0.5, 0.6) is 11.5 Å². The summed E-state index contributed by atoms with van der Waals surface area (Å²) < 4.78 is 24.5. The molecule has 2 aliphatic rings. The van der Waals surface area contributed by atoms with E-state index in [0.29, 0.717) is 30.6 Å². The standard InChI is InChI=1S/C35H42O5S/c1-3-5-29(22-35(36)37)27-10-12-31(13-11-27)39-24-26-8-9-28-6-4-7-30-21-32(14-15-33(30)34(28)20-26)40-23-25-16-18-41(2,38)19-17-25/h8-15,20-21,25,29H,2-7,16-19,22-24H2,1H3,(H,36,37)/t25?,29-,41?/m0/s1. The van der Waals surface area contributed by atoms with Crippen LogP contribution < -0.4 is 9.47 Å². The van der Waals surface area contributed by atoms with Crippen LogP contribution in [0.15, 0.2) is 60.7 Å². The molecule has 1 aliphatic heterocycles. The molecule has 5 rings (SSSR count). The lowest BCUT2D eigenvalue weighted by Gasteiger charge is -2.24. The van der Waals surface area contributed by atoms with Gasteiger partial charge in [-0.2, -0.15) is 0 Å². The van der Waals surface area contributed by atoms with Gasteiger partial charge < -0.3 is 14.6 Å². The monoisotopic (exact) mass is 574 g/mol. The molecular formula is C35H42O5S. The Bertz CT molecular complexity index is 1440. The van der Waals surface area contributed by atoms with Crippen molar-refractivity contribution in [3.63, 3.8) is 0 Å². The summed E-state index contributed by atoms with van der Waals surface area (Å²) in [5, 5.41) is 9.26. The van der Waals surface area contributed by atoms with Crippen LogP contribution in [0.4, 0.5) is 0 Å². The van der Waals surface area contributed by atoms with Crippen molar-refractivity contribution in [2.24, 2.45) is 5.92 Å². The lowest BCUT2D eigenvalue weighted by molar-refractivity contribution is -0.137. The van der Waals surface area contributed by atoms with Crippen molar-refractivity contribution in [1.82, 2.24) is 0 Å². The molecule has 0 radical (unpaired) electrons. The fraction of sp³-hybridized carbons (Fsp3) is 0.429. The summed E-state index contributed by atoms with van der Waals surface area (Å²) in [6.07, 6.45) is 7.00. The number of hydrogen-bond acceptors (Lipinski definition) is 4. The number of benzene rings is 3. The predicted molar refractivity (Wildman–Crippen MR) is 168 cm³/mol. The highest BCUT2D eigenvalue weighted by Gasteiger charge is 2.21. The zero-order chi connectivity index (χ0) is 28.8. The van der Waals surface area contributed by atoms with E-state index in [0.717, 1.165) is 67.6 Å². The minimum atomic E-state index is -1.86. The average Bonchev–Trinajstić information content (AvgIpc) is 3.14. The second kappa shape index (κ2) is 13.2. The fourth-order valence-electron chi connectivity index (χ4n) is 6.12. The second-order valence-corrected chi connectivity index (χ2v) is 14.5. The molecule has 0 amide bonds. The van der Waals surface area contributed by atoms with Crippen molar-refractivity contribution >= 4 is 21.4 Å². The summed E-state index contributed by atoms with van der Waals surface area (Å²) in [5.74, 6) is 6.73. The fourth-order valence-corrected chi connectivity index (χ4v) is 7.85. The molecule has 0 unspecified atom stereocenters. The van der Waals surface area contributed by atoms with Gasteiger partial charge in [0, 0.05) is 11.5 Å². The number of hydrogen-bond donors (Lipinski definition) is 1. The van der Waals surface area contributed by atoms with E-state index in [1.807, 2.05) is 24.3 Å². The van der Waals surface area contributed by atoms with E-state index in [1.54, 1.807) is 0 Å². The van der Waals surface area contributed by atoms with Gasteiger partial charge in [0.25, 0.3) is 0 Å². The van der Waals surface area contributed by atoms with Gasteiger partial charge in [-0.3, -0.25) is 9.00 Å². The highest BCUT2D eigenvalue weighted by molar-refractivity contribution is 8.00. The van der Waals surface area contributed by atoms with Crippen LogP contribution in [0.1, 0.15) is 73.6 Å². The summed E-state index contributed by atoms with van der Waals surface area (Å²) in [7, 11) is -1.86. The van der Waals surface area contributed by atoms with Crippen LogP contribution >= 0.6 is 0 Å². The van der Waals surface area contributed by atoms with Crippen LogP contribution in [-0.2, 0) is 33.8 Å². The molecule has 0 saturated carbocycles. The first-order valence-corrected chi connectivity index (χ1v) is 17.0. The highest BCUT2D eigenvalue weighted by atomic mass is 32.2. The number of ether oxygens (including phenoxy) is 2. The Morgan fingerprint density at radius 2 is 1.68 bits per heavy atom. The van der Waals surface area contributed by atoms with E-state index >= 15 is 0 Å². The topological polar surface area (TPSA) is 72.8 Å². The second-order valence-electron chi connectivity index (χ2n) is 11.7. The molecule has 3 aromatic rings. The van der Waals surface area contributed by atoms with Crippen molar-refractivity contribution < 1.29 is 23.6 Å². The lowest BCUT2D eigenvalue weighted by Crippen LogP contribution is -2.26. The maximum Gasteiger partial charge on any atom is 0.303 e. The van der Waals surface area contributed by atoms with E-state index in [-0.39, 0.29) is 12.3 Å². The summed E-state index contributed by atoms with van der Waals surface area (Å²) in [6, 6.07) is 21.0. The molecule has 6 heteroatoms. The van der Waals surface area contributed by atoms with Crippen LogP contribution in [0.3, 0.4) is 0 Å². The zero-order valence-corrected chi connectivity index (χ0v) is 24.9. The molecule has 218 valence electrons. The van der Waals surface area contributed by atoms with Gasteiger partial charge in [0.05, 0.1) is 13.0 Å². The number of rotatable bonds is 11. The molecule has 1 atom stereocenters. The van der Waals surface area contributed by atoms with Crippen LogP contribution in [0.2, 0.25) is 0 Å². The first-order chi connectivity index (χ1) is 19.8. The number of carbonyl (C=O) groups is 1. The van der Waals surface area contributed by atoms with Crippen molar-refractivity contribution in [2.45, 2.75) is 70.8 Å². The maximum atomic E-state index is 12.2. The minimum absolute atomic E-state index is 0.0305. The number of carboxylic acid groups (broad SMARTS) is 1. The van der Waals surface area contributed by atoms with Gasteiger partial charge in [-0.15, -0.1) is 0 Å². The largest absolute Gasteiger partial charge is 0.493 e. The third-order valence-electron chi connectivity index (χ3n) is 8.53. The normalized spacial score (nSPS) is 20.8. The Labute approximate surface area is 244 Å². The van der Waals surface area contributed by atoms with Gasteiger partial charge >= 0.3 is 5.97 Å². The van der Waals surface area contributed by atoms with Crippen molar-refractivity contribution in [2.75, 3.05) is 18.1 Å². The van der Waals surface area contributed by atoms with Crippen molar-refractivity contribution in [3.8, 4) is 22.6 Å². The van der Waals surface area contributed by atoms with Crippen molar-refractivity contribution in [3.05, 3.63) is 82.9 Å². The number of fused-ring (bicyclic) bond motifs is 3. The van der Waals surface area contributed by atoms with Crippen LogP contribution in [0, 0.1) is 5.92 Å². The molecule has 5 nitrogen and oxygen atoms in total. The Hall–Kier alpha value is -3.25. The molecule has 1 aliphatic carbocycles. The molecule has 41 heavy (non-hydrogen) atoms. The summed E-state index contributed by atoms with van der Waals surface area (Å²) in [6.45, 7) is 3.23. The van der Waals surface area contributed by atoms with Gasteiger partial charge in [0.2, 0.25) is 0 Å². The molecule has 0 spiro atoms. The first-order valence-electron chi connectivity index (χ1n) is 14.9. The molecule has 1 heterocycles. The molecular weight excluding hydrogens is 532 g/mol. The summed E-state index contributed by atoms with van der Waals surface area (Å²) in [5.41, 5.74) is 7.40. The lowest BCUT2D eigenvalue weighted by atomic mass is 9.91. The highest BCUT2D eigenvalue weighted by Crippen LogP contribution is 2.36. The van der Waals surface area contributed by atoms with E-state index in [9.17, 15) is 14.1 Å². The Morgan fingerprint density at radius 1 is 0.951 bits per heavy atom. The van der Waals surface area contributed by atoms with Crippen molar-refractivity contribution in [1.29, 1.82) is 0 Å². The number of aliphatic carboxylic acids is 1. The first kappa shape index (κ1) is 29.2. The molecule has 0 bridgehead atoms. The summed E-state index contributed by atoms with van der Waals surface area (Å²) >= 11 is 0. The average molecular weight is 575 g/mol. The molecule has 1 saturated heterocycles.